The van der Waals surface area contributed by atoms with Gasteiger partial charge in [-0.05, 0) is 18.1 Å². The van der Waals surface area contributed by atoms with Crippen LogP contribution in [0.4, 0.5) is 0 Å². The summed E-state index contributed by atoms with van der Waals surface area (Å²) in [5, 5.41) is 8.90. The summed E-state index contributed by atoms with van der Waals surface area (Å²) in [6.07, 6.45) is 3.76. The van der Waals surface area contributed by atoms with Gasteiger partial charge in [0, 0.05) is 18.4 Å². The number of carboxylic acid groups (broad SMARTS) is 1. The van der Waals surface area contributed by atoms with Gasteiger partial charge in [0.1, 0.15) is 0 Å². The molecule has 84 valence electrons. The third-order valence-corrected chi connectivity index (χ3v) is 2.26. The Morgan fingerprint density at radius 2 is 2.33 bits per heavy atom. The van der Waals surface area contributed by atoms with Crippen molar-refractivity contribution in [1.29, 1.82) is 0 Å². The van der Waals surface area contributed by atoms with E-state index in [2.05, 4.69) is 4.98 Å². The standard InChI is InChI=1S/C10H14N2O2.ClH/c1-2-8(10(13)14)9(11)7-4-3-5-12-6-7;/h3-6,8-9H,2,11H2,1H3,(H,13,14);1H. The molecule has 4 nitrogen and oxygen atoms in total. The molecule has 1 rings (SSSR count). The maximum absolute atomic E-state index is 10.8. The van der Waals surface area contributed by atoms with Gasteiger partial charge in [0.15, 0.2) is 0 Å². The number of aliphatic carboxylic acids is 1. The fourth-order valence-electron chi connectivity index (χ4n) is 1.39. The van der Waals surface area contributed by atoms with Crippen LogP contribution in [0.3, 0.4) is 0 Å². The highest BCUT2D eigenvalue weighted by molar-refractivity contribution is 5.85. The van der Waals surface area contributed by atoms with Crippen molar-refractivity contribution in [1.82, 2.24) is 4.98 Å². The lowest BCUT2D eigenvalue weighted by molar-refractivity contribution is -0.142. The zero-order chi connectivity index (χ0) is 10.6. The fourth-order valence-corrected chi connectivity index (χ4v) is 1.39. The number of pyridine rings is 1. The maximum Gasteiger partial charge on any atom is 0.308 e. The molecule has 0 aliphatic rings. The van der Waals surface area contributed by atoms with E-state index in [4.69, 9.17) is 10.8 Å². The molecule has 0 saturated carbocycles. The SMILES string of the molecule is CCC(C(=O)O)C(N)c1cccnc1.Cl. The molecule has 5 heteroatoms. The Kier molecular flexibility index (Phi) is 5.89. The summed E-state index contributed by atoms with van der Waals surface area (Å²) in [6.45, 7) is 1.81. The highest BCUT2D eigenvalue weighted by Gasteiger charge is 2.24. The summed E-state index contributed by atoms with van der Waals surface area (Å²) in [7, 11) is 0. The first-order chi connectivity index (χ1) is 6.66. The zero-order valence-electron chi connectivity index (χ0n) is 8.46. The number of rotatable bonds is 4. The lowest BCUT2D eigenvalue weighted by atomic mass is 9.93. The van der Waals surface area contributed by atoms with Crippen LogP contribution >= 0.6 is 12.4 Å². The second-order valence-corrected chi connectivity index (χ2v) is 3.17. The smallest absolute Gasteiger partial charge is 0.308 e. The normalized spacial score (nSPS) is 13.7. The zero-order valence-corrected chi connectivity index (χ0v) is 9.28. The van der Waals surface area contributed by atoms with Gasteiger partial charge in [0.2, 0.25) is 0 Å². The van der Waals surface area contributed by atoms with Crippen LogP contribution in [0.5, 0.6) is 0 Å². The lowest BCUT2D eigenvalue weighted by Gasteiger charge is -2.18. The number of aromatic nitrogens is 1. The van der Waals surface area contributed by atoms with E-state index in [0.717, 1.165) is 5.56 Å². The molecule has 0 spiro atoms. The van der Waals surface area contributed by atoms with Crippen molar-refractivity contribution in [2.45, 2.75) is 19.4 Å². The van der Waals surface area contributed by atoms with E-state index in [-0.39, 0.29) is 12.4 Å². The molecule has 15 heavy (non-hydrogen) atoms. The van der Waals surface area contributed by atoms with Crippen molar-refractivity contribution in [2.24, 2.45) is 11.7 Å². The van der Waals surface area contributed by atoms with Gasteiger partial charge in [-0.25, -0.2) is 0 Å². The van der Waals surface area contributed by atoms with E-state index in [1.807, 2.05) is 6.92 Å². The summed E-state index contributed by atoms with van der Waals surface area (Å²) >= 11 is 0. The van der Waals surface area contributed by atoms with Crippen molar-refractivity contribution in [3.05, 3.63) is 30.1 Å². The number of carboxylic acids is 1. The molecular formula is C10H15ClN2O2. The van der Waals surface area contributed by atoms with Crippen molar-refractivity contribution in [3.63, 3.8) is 0 Å². The number of hydrogen-bond donors (Lipinski definition) is 2. The monoisotopic (exact) mass is 230 g/mol. The summed E-state index contributed by atoms with van der Waals surface area (Å²) in [6, 6.07) is 3.07. The molecular weight excluding hydrogens is 216 g/mol. The van der Waals surface area contributed by atoms with Crippen molar-refractivity contribution in [3.8, 4) is 0 Å². The molecule has 0 fully saturated rings. The Labute approximate surface area is 94.9 Å². The third-order valence-electron chi connectivity index (χ3n) is 2.26. The van der Waals surface area contributed by atoms with Crippen LogP contribution < -0.4 is 5.73 Å². The molecule has 1 aromatic rings. The van der Waals surface area contributed by atoms with E-state index in [1.54, 1.807) is 24.5 Å². The van der Waals surface area contributed by atoms with Crippen LogP contribution in [0.2, 0.25) is 0 Å². The molecule has 0 amide bonds. The van der Waals surface area contributed by atoms with Gasteiger partial charge in [-0.3, -0.25) is 9.78 Å². The van der Waals surface area contributed by atoms with Crippen LogP contribution in [0.1, 0.15) is 24.9 Å². The number of hydrogen-bond acceptors (Lipinski definition) is 3. The Bertz CT molecular complexity index is 306. The van der Waals surface area contributed by atoms with Gasteiger partial charge in [0.05, 0.1) is 5.92 Å². The Morgan fingerprint density at radius 3 is 2.73 bits per heavy atom. The second-order valence-electron chi connectivity index (χ2n) is 3.17. The predicted molar refractivity (Wildman–Crippen MR) is 59.8 cm³/mol. The first kappa shape index (κ1) is 13.9. The quantitative estimate of drug-likeness (QED) is 0.824. The van der Waals surface area contributed by atoms with E-state index in [1.165, 1.54) is 0 Å². The van der Waals surface area contributed by atoms with Crippen LogP contribution in [0.15, 0.2) is 24.5 Å². The molecule has 0 aliphatic heterocycles. The van der Waals surface area contributed by atoms with E-state index in [0.29, 0.717) is 6.42 Å². The van der Waals surface area contributed by atoms with Crippen molar-refractivity contribution in [2.75, 3.05) is 0 Å². The van der Waals surface area contributed by atoms with E-state index < -0.39 is 17.9 Å². The van der Waals surface area contributed by atoms with Gasteiger partial charge < -0.3 is 10.8 Å². The molecule has 1 heterocycles. The molecule has 1 aromatic heterocycles. The Balaban J connectivity index is 0.00000196. The number of nitrogens with two attached hydrogens (primary N) is 1. The Morgan fingerprint density at radius 1 is 1.67 bits per heavy atom. The molecule has 0 bridgehead atoms. The van der Waals surface area contributed by atoms with E-state index >= 15 is 0 Å². The average Bonchev–Trinajstić information content (AvgIpc) is 2.19. The highest BCUT2D eigenvalue weighted by atomic mass is 35.5. The maximum atomic E-state index is 10.8. The fraction of sp³-hybridized carbons (Fsp3) is 0.400. The van der Waals surface area contributed by atoms with Gasteiger partial charge >= 0.3 is 5.97 Å². The summed E-state index contributed by atoms with van der Waals surface area (Å²) < 4.78 is 0. The molecule has 0 aromatic carbocycles. The molecule has 2 unspecified atom stereocenters. The first-order valence-corrected chi connectivity index (χ1v) is 4.55. The number of halogens is 1. The van der Waals surface area contributed by atoms with Crippen LogP contribution in [0.25, 0.3) is 0 Å². The molecule has 3 N–H and O–H groups in total. The van der Waals surface area contributed by atoms with Gasteiger partial charge in [0.25, 0.3) is 0 Å². The third kappa shape index (κ3) is 3.49. The summed E-state index contributed by atoms with van der Waals surface area (Å²) in [5.41, 5.74) is 6.60. The summed E-state index contributed by atoms with van der Waals surface area (Å²) in [5.74, 6) is -1.40. The second kappa shape index (κ2) is 6.37. The molecule has 0 saturated heterocycles. The van der Waals surface area contributed by atoms with E-state index in [9.17, 15) is 4.79 Å². The predicted octanol–water partition coefficient (Wildman–Crippen LogP) is 1.61. The first-order valence-electron chi connectivity index (χ1n) is 4.55. The van der Waals surface area contributed by atoms with Gasteiger partial charge in [-0.15, -0.1) is 12.4 Å². The van der Waals surface area contributed by atoms with Crippen LogP contribution in [-0.2, 0) is 4.79 Å². The number of carbonyl (C=O) groups is 1. The minimum Gasteiger partial charge on any atom is -0.481 e. The van der Waals surface area contributed by atoms with Crippen molar-refractivity contribution >= 4 is 18.4 Å². The average molecular weight is 231 g/mol. The van der Waals surface area contributed by atoms with Gasteiger partial charge in [-0.2, -0.15) is 0 Å². The highest BCUT2D eigenvalue weighted by Crippen LogP contribution is 2.21. The number of nitrogens with zero attached hydrogens (tertiary/aromatic N) is 1. The van der Waals surface area contributed by atoms with Gasteiger partial charge in [-0.1, -0.05) is 13.0 Å². The molecule has 0 aliphatic carbocycles. The molecule has 0 radical (unpaired) electrons. The van der Waals surface area contributed by atoms with Crippen molar-refractivity contribution < 1.29 is 9.90 Å². The topological polar surface area (TPSA) is 76.2 Å². The molecule has 2 atom stereocenters. The lowest BCUT2D eigenvalue weighted by Crippen LogP contribution is -2.27. The largest absolute Gasteiger partial charge is 0.481 e. The van der Waals surface area contributed by atoms with Crippen LogP contribution in [0, 0.1) is 5.92 Å². The van der Waals surface area contributed by atoms with Crippen LogP contribution in [-0.4, -0.2) is 16.1 Å². The minimum absolute atomic E-state index is 0. The Hall–Kier alpha value is -1.13. The minimum atomic E-state index is -0.858. The summed E-state index contributed by atoms with van der Waals surface area (Å²) in [4.78, 5) is 14.8.